The predicted molar refractivity (Wildman–Crippen MR) is 78.6 cm³/mol. The smallest absolute Gasteiger partial charge is 0.161 e. The number of hydrogen-bond donors (Lipinski definition) is 1. The topological polar surface area (TPSA) is 37.8 Å². The average molecular weight is 274 g/mol. The molecule has 4 heteroatoms. The first kappa shape index (κ1) is 12.4. The van der Waals surface area contributed by atoms with Crippen LogP contribution in [-0.2, 0) is 0 Å². The SMILES string of the molecule is CCNc1cc(C2CC2)nc(-c2ccc(Cl)cc2)n1. The minimum absolute atomic E-state index is 0.617. The second-order valence-electron chi connectivity index (χ2n) is 4.81. The molecule has 1 aliphatic rings. The number of nitrogens with one attached hydrogen (secondary N) is 1. The minimum atomic E-state index is 0.617. The Balaban J connectivity index is 2.01. The molecule has 0 radical (unpaired) electrons. The zero-order chi connectivity index (χ0) is 13.2. The third-order valence-corrected chi connectivity index (χ3v) is 3.45. The van der Waals surface area contributed by atoms with E-state index in [1.807, 2.05) is 24.3 Å². The molecule has 19 heavy (non-hydrogen) atoms. The van der Waals surface area contributed by atoms with E-state index in [1.165, 1.54) is 12.8 Å². The van der Waals surface area contributed by atoms with Crippen LogP contribution < -0.4 is 5.32 Å². The molecule has 3 rings (SSSR count). The summed E-state index contributed by atoms with van der Waals surface area (Å²) in [4.78, 5) is 9.25. The van der Waals surface area contributed by atoms with E-state index in [1.54, 1.807) is 0 Å². The summed E-state index contributed by atoms with van der Waals surface area (Å²) < 4.78 is 0. The molecule has 1 aromatic heterocycles. The number of halogens is 1. The van der Waals surface area contributed by atoms with Crippen molar-refractivity contribution in [3.8, 4) is 11.4 Å². The molecule has 1 aliphatic carbocycles. The number of aromatic nitrogens is 2. The monoisotopic (exact) mass is 273 g/mol. The minimum Gasteiger partial charge on any atom is -0.370 e. The second-order valence-corrected chi connectivity index (χ2v) is 5.25. The van der Waals surface area contributed by atoms with E-state index < -0.39 is 0 Å². The number of nitrogens with zero attached hydrogens (tertiary/aromatic N) is 2. The Morgan fingerprint density at radius 2 is 1.95 bits per heavy atom. The summed E-state index contributed by atoms with van der Waals surface area (Å²) in [6, 6.07) is 9.74. The van der Waals surface area contributed by atoms with Crippen molar-refractivity contribution in [1.82, 2.24) is 9.97 Å². The highest BCUT2D eigenvalue weighted by Gasteiger charge is 2.26. The zero-order valence-electron chi connectivity index (χ0n) is 10.9. The molecule has 1 aromatic carbocycles. The lowest BCUT2D eigenvalue weighted by Gasteiger charge is -2.08. The highest BCUT2D eigenvalue weighted by Crippen LogP contribution is 2.40. The van der Waals surface area contributed by atoms with Gasteiger partial charge in [-0.05, 0) is 44.0 Å². The lowest BCUT2D eigenvalue weighted by molar-refractivity contribution is 0.988. The molecule has 0 amide bonds. The largest absolute Gasteiger partial charge is 0.370 e. The van der Waals surface area contributed by atoms with Gasteiger partial charge in [0.05, 0.1) is 0 Å². The molecule has 98 valence electrons. The highest BCUT2D eigenvalue weighted by atomic mass is 35.5. The van der Waals surface area contributed by atoms with Gasteiger partial charge in [0.15, 0.2) is 5.82 Å². The fourth-order valence-electron chi connectivity index (χ4n) is 2.05. The molecule has 0 atom stereocenters. The average Bonchev–Trinajstić information content (AvgIpc) is 3.24. The number of rotatable bonds is 4. The van der Waals surface area contributed by atoms with Crippen LogP contribution in [0.4, 0.5) is 5.82 Å². The lowest BCUT2D eigenvalue weighted by atomic mass is 10.2. The Labute approximate surface area is 118 Å². The summed E-state index contributed by atoms with van der Waals surface area (Å²) in [5.74, 6) is 2.30. The molecule has 0 unspecified atom stereocenters. The van der Waals surface area contributed by atoms with E-state index in [0.717, 1.165) is 34.5 Å². The summed E-state index contributed by atoms with van der Waals surface area (Å²) in [5.41, 5.74) is 2.15. The molecule has 0 saturated heterocycles. The van der Waals surface area contributed by atoms with Gasteiger partial charge >= 0.3 is 0 Å². The molecular weight excluding hydrogens is 258 g/mol. The summed E-state index contributed by atoms with van der Waals surface area (Å²) in [5, 5.41) is 4.01. The van der Waals surface area contributed by atoms with Gasteiger partial charge in [-0.1, -0.05) is 11.6 Å². The van der Waals surface area contributed by atoms with Gasteiger partial charge in [-0.25, -0.2) is 9.97 Å². The van der Waals surface area contributed by atoms with E-state index in [9.17, 15) is 0 Å². The van der Waals surface area contributed by atoms with Crippen molar-refractivity contribution >= 4 is 17.4 Å². The van der Waals surface area contributed by atoms with Gasteiger partial charge < -0.3 is 5.32 Å². The number of hydrogen-bond acceptors (Lipinski definition) is 3. The first-order valence-electron chi connectivity index (χ1n) is 6.65. The second kappa shape index (κ2) is 5.17. The van der Waals surface area contributed by atoms with Gasteiger partial charge in [-0.3, -0.25) is 0 Å². The van der Waals surface area contributed by atoms with E-state index in [2.05, 4.69) is 28.3 Å². The fraction of sp³-hybridized carbons (Fsp3) is 0.333. The standard InChI is InChI=1S/C15H16ClN3/c1-2-17-14-9-13(10-3-4-10)18-15(19-14)11-5-7-12(16)8-6-11/h5-10H,2-4H2,1H3,(H,17,18,19). The fourth-order valence-corrected chi connectivity index (χ4v) is 2.18. The molecule has 1 heterocycles. The predicted octanol–water partition coefficient (Wildman–Crippen LogP) is 4.11. The summed E-state index contributed by atoms with van der Waals surface area (Å²) in [7, 11) is 0. The molecule has 1 saturated carbocycles. The highest BCUT2D eigenvalue weighted by molar-refractivity contribution is 6.30. The van der Waals surface area contributed by atoms with E-state index >= 15 is 0 Å². The molecule has 0 bridgehead atoms. The van der Waals surface area contributed by atoms with E-state index in [-0.39, 0.29) is 0 Å². The van der Waals surface area contributed by atoms with Gasteiger partial charge in [0.2, 0.25) is 0 Å². The van der Waals surface area contributed by atoms with Crippen LogP contribution >= 0.6 is 11.6 Å². The third-order valence-electron chi connectivity index (χ3n) is 3.20. The third kappa shape index (κ3) is 2.87. The number of anilines is 1. The van der Waals surface area contributed by atoms with Gasteiger partial charge in [-0.2, -0.15) is 0 Å². The summed E-state index contributed by atoms with van der Waals surface area (Å²) in [6.07, 6.45) is 2.48. The maximum absolute atomic E-state index is 5.92. The van der Waals surface area contributed by atoms with Crippen LogP contribution in [0.25, 0.3) is 11.4 Å². The summed E-state index contributed by atoms with van der Waals surface area (Å²) in [6.45, 7) is 2.93. The van der Waals surface area contributed by atoms with Crippen molar-refractivity contribution in [1.29, 1.82) is 0 Å². The zero-order valence-corrected chi connectivity index (χ0v) is 11.6. The molecule has 0 spiro atoms. The molecule has 1 N–H and O–H groups in total. The van der Waals surface area contributed by atoms with E-state index in [4.69, 9.17) is 11.6 Å². The summed E-state index contributed by atoms with van der Waals surface area (Å²) >= 11 is 5.92. The molecular formula is C15H16ClN3. The lowest BCUT2D eigenvalue weighted by Crippen LogP contribution is -2.03. The first-order valence-corrected chi connectivity index (χ1v) is 7.03. The van der Waals surface area contributed by atoms with Crippen LogP contribution in [0.1, 0.15) is 31.4 Å². The van der Waals surface area contributed by atoms with Crippen LogP contribution in [0.2, 0.25) is 5.02 Å². The van der Waals surface area contributed by atoms with Gasteiger partial charge in [-0.15, -0.1) is 0 Å². The van der Waals surface area contributed by atoms with Crippen LogP contribution in [0.3, 0.4) is 0 Å². The Hall–Kier alpha value is -1.61. The Morgan fingerprint density at radius 3 is 2.58 bits per heavy atom. The Morgan fingerprint density at radius 1 is 1.21 bits per heavy atom. The first-order chi connectivity index (χ1) is 9.26. The van der Waals surface area contributed by atoms with Crippen LogP contribution in [-0.4, -0.2) is 16.5 Å². The van der Waals surface area contributed by atoms with Crippen molar-refractivity contribution in [2.75, 3.05) is 11.9 Å². The maximum Gasteiger partial charge on any atom is 0.161 e. The normalized spacial score (nSPS) is 14.4. The Bertz CT molecular complexity index is 576. The van der Waals surface area contributed by atoms with E-state index in [0.29, 0.717) is 5.92 Å². The van der Waals surface area contributed by atoms with Gasteiger partial charge in [0.25, 0.3) is 0 Å². The quantitative estimate of drug-likeness (QED) is 0.911. The molecule has 2 aromatic rings. The van der Waals surface area contributed by atoms with Crippen molar-refractivity contribution in [3.05, 3.63) is 41.0 Å². The van der Waals surface area contributed by atoms with Crippen LogP contribution in [0.15, 0.2) is 30.3 Å². The molecule has 1 fully saturated rings. The van der Waals surface area contributed by atoms with Gasteiger partial charge in [0, 0.05) is 34.8 Å². The number of benzene rings is 1. The van der Waals surface area contributed by atoms with Crippen molar-refractivity contribution in [3.63, 3.8) is 0 Å². The molecule has 3 nitrogen and oxygen atoms in total. The Kier molecular flexibility index (Phi) is 3.38. The maximum atomic E-state index is 5.92. The van der Waals surface area contributed by atoms with Crippen molar-refractivity contribution in [2.24, 2.45) is 0 Å². The van der Waals surface area contributed by atoms with Crippen molar-refractivity contribution < 1.29 is 0 Å². The van der Waals surface area contributed by atoms with Crippen LogP contribution in [0.5, 0.6) is 0 Å². The van der Waals surface area contributed by atoms with Gasteiger partial charge in [0.1, 0.15) is 5.82 Å². The molecule has 0 aliphatic heterocycles. The van der Waals surface area contributed by atoms with Crippen molar-refractivity contribution in [2.45, 2.75) is 25.7 Å². The van der Waals surface area contributed by atoms with Crippen LogP contribution in [0, 0.1) is 0 Å².